The third-order valence-corrected chi connectivity index (χ3v) is 7.52. The van der Waals surface area contributed by atoms with Crippen molar-refractivity contribution in [2.75, 3.05) is 23.0 Å². The van der Waals surface area contributed by atoms with Gasteiger partial charge in [-0.3, -0.25) is 4.79 Å². The maximum atomic E-state index is 13.8. The van der Waals surface area contributed by atoms with Crippen LogP contribution >= 0.6 is 11.8 Å². The molecule has 1 aromatic heterocycles. The predicted octanol–water partition coefficient (Wildman–Crippen LogP) is 6.89. The molecule has 1 aliphatic rings. The first kappa shape index (κ1) is 26.8. The number of fused-ring (bicyclic) bond motifs is 1. The van der Waals surface area contributed by atoms with Gasteiger partial charge in [-0.15, -0.1) is 5.10 Å². The maximum Gasteiger partial charge on any atom is 0.255 e. The summed E-state index contributed by atoms with van der Waals surface area (Å²) >= 11 is 1.64. The van der Waals surface area contributed by atoms with Gasteiger partial charge in [0.25, 0.3) is 5.91 Å². The van der Waals surface area contributed by atoms with E-state index in [1.807, 2.05) is 67.9 Å². The van der Waals surface area contributed by atoms with Crippen molar-refractivity contribution in [3.05, 3.63) is 70.4 Å². The van der Waals surface area contributed by atoms with Crippen molar-refractivity contribution < 1.29 is 9.53 Å². The first-order valence-corrected chi connectivity index (χ1v) is 14.1. The number of aryl methyl sites for hydroxylation is 1. The van der Waals surface area contributed by atoms with Crippen molar-refractivity contribution in [2.24, 2.45) is 0 Å². The Bertz CT molecular complexity index is 1280. The zero-order valence-corrected chi connectivity index (χ0v) is 23.2. The molecule has 0 aliphatic carbocycles. The van der Waals surface area contributed by atoms with Crippen LogP contribution in [-0.2, 0) is 4.79 Å². The zero-order chi connectivity index (χ0) is 26.4. The van der Waals surface area contributed by atoms with E-state index in [0.29, 0.717) is 23.3 Å². The number of thioether (sulfide) groups is 1. The van der Waals surface area contributed by atoms with Crippen LogP contribution in [0.1, 0.15) is 69.2 Å². The molecule has 37 heavy (non-hydrogen) atoms. The number of aromatic nitrogens is 3. The van der Waals surface area contributed by atoms with Crippen molar-refractivity contribution in [3.8, 4) is 5.75 Å². The summed E-state index contributed by atoms with van der Waals surface area (Å²) in [4.78, 5) is 18.6. The molecule has 0 saturated heterocycles. The number of nitrogens with zero attached hydrogens (tertiary/aromatic N) is 3. The van der Waals surface area contributed by atoms with Gasteiger partial charge in [0.1, 0.15) is 11.8 Å². The minimum Gasteiger partial charge on any atom is -0.494 e. The molecular weight excluding hydrogens is 482 g/mol. The van der Waals surface area contributed by atoms with Gasteiger partial charge in [-0.1, -0.05) is 62.7 Å². The summed E-state index contributed by atoms with van der Waals surface area (Å²) < 4.78 is 7.84. The lowest BCUT2D eigenvalue weighted by Gasteiger charge is -2.29. The molecule has 3 aromatic rings. The van der Waals surface area contributed by atoms with Crippen LogP contribution in [0.3, 0.4) is 0 Å². The normalized spacial score (nSPS) is 14.8. The Morgan fingerprint density at radius 2 is 1.89 bits per heavy atom. The highest BCUT2D eigenvalue weighted by Gasteiger charge is 2.34. The molecule has 1 unspecified atom stereocenters. The minimum atomic E-state index is -0.441. The van der Waals surface area contributed by atoms with Crippen molar-refractivity contribution in [2.45, 2.75) is 71.5 Å². The number of amides is 1. The molecule has 196 valence electrons. The molecule has 1 amide bonds. The second kappa shape index (κ2) is 12.3. The highest BCUT2D eigenvalue weighted by Crippen LogP contribution is 2.38. The van der Waals surface area contributed by atoms with Crippen LogP contribution in [0.4, 0.5) is 11.6 Å². The van der Waals surface area contributed by atoms with E-state index >= 15 is 0 Å². The second-order valence-electron chi connectivity index (χ2n) is 9.41. The number of carbonyl (C=O) groups is 1. The lowest BCUT2D eigenvalue weighted by atomic mass is 9.94. The summed E-state index contributed by atoms with van der Waals surface area (Å²) in [6.07, 6.45) is 4.28. The molecule has 8 heteroatoms. The molecule has 0 spiro atoms. The van der Waals surface area contributed by atoms with Gasteiger partial charge in [0.05, 0.1) is 12.2 Å². The monoisotopic (exact) mass is 519 g/mol. The molecule has 1 aliphatic heterocycles. The molecule has 7 nitrogen and oxygen atoms in total. The predicted molar refractivity (Wildman–Crippen MR) is 152 cm³/mol. The Labute approximate surface area is 224 Å². The third kappa shape index (κ3) is 6.18. The quantitative estimate of drug-likeness (QED) is 0.212. The van der Waals surface area contributed by atoms with Crippen molar-refractivity contribution in [1.82, 2.24) is 14.8 Å². The molecule has 2 N–H and O–H groups in total. The average Bonchev–Trinajstić information content (AvgIpc) is 3.28. The van der Waals surface area contributed by atoms with Gasteiger partial charge in [0.2, 0.25) is 11.1 Å². The van der Waals surface area contributed by atoms with Crippen LogP contribution in [0.25, 0.3) is 0 Å². The van der Waals surface area contributed by atoms with Gasteiger partial charge in [-0.2, -0.15) is 4.98 Å². The number of carbonyl (C=O) groups excluding carboxylic acids is 1. The lowest BCUT2D eigenvalue weighted by Crippen LogP contribution is -2.31. The molecule has 0 radical (unpaired) electrons. The fourth-order valence-corrected chi connectivity index (χ4v) is 5.20. The van der Waals surface area contributed by atoms with Crippen LogP contribution < -0.4 is 15.4 Å². The molecule has 0 saturated carbocycles. The van der Waals surface area contributed by atoms with Crippen LogP contribution in [0, 0.1) is 13.8 Å². The van der Waals surface area contributed by atoms with Crippen molar-refractivity contribution in [1.29, 1.82) is 0 Å². The van der Waals surface area contributed by atoms with E-state index in [0.717, 1.165) is 65.3 Å². The van der Waals surface area contributed by atoms with E-state index in [4.69, 9.17) is 14.8 Å². The number of hydrogen-bond acceptors (Lipinski definition) is 6. The number of anilines is 2. The van der Waals surface area contributed by atoms with Gasteiger partial charge in [0.15, 0.2) is 0 Å². The molecule has 0 bridgehead atoms. The number of rotatable bonds is 11. The largest absolute Gasteiger partial charge is 0.494 e. The Balaban J connectivity index is 1.73. The molecule has 1 atom stereocenters. The summed E-state index contributed by atoms with van der Waals surface area (Å²) in [5.41, 5.74) is 5.28. The summed E-state index contributed by atoms with van der Waals surface area (Å²) in [7, 11) is 0. The van der Waals surface area contributed by atoms with E-state index in [1.165, 1.54) is 0 Å². The van der Waals surface area contributed by atoms with Crippen LogP contribution in [0.2, 0.25) is 0 Å². The highest BCUT2D eigenvalue weighted by atomic mass is 32.2. The SMILES string of the molecule is CCCCOc1cccc(C2C(C(=O)Nc3cccc(C)c3C)=C(C)Nc3nc(SCCCC)nn32)c1. The molecule has 2 aromatic carbocycles. The highest BCUT2D eigenvalue weighted by molar-refractivity contribution is 7.99. The molecule has 2 heterocycles. The van der Waals surface area contributed by atoms with Crippen molar-refractivity contribution >= 4 is 29.3 Å². The number of allylic oxidation sites excluding steroid dienone is 1. The van der Waals surface area contributed by atoms with Gasteiger partial charge < -0.3 is 15.4 Å². The Kier molecular flexibility index (Phi) is 8.92. The zero-order valence-electron chi connectivity index (χ0n) is 22.4. The maximum absolute atomic E-state index is 13.8. The Morgan fingerprint density at radius 3 is 2.68 bits per heavy atom. The first-order valence-electron chi connectivity index (χ1n) is 13.1. The summed E-state index contributed by atoms with van der Waals surface area (Å²) in [5, 5.41) is 12.0. The summed E-state index contributed by atoms with van der Waals surface area (Å²) in [5.74, 6) is 2.22. The fraction of sp³-hybridized carbons (Fsp3) is 0.414. The second-order valence-corrected chi connectivity index (χ2v) is 10.5. The van der Waals surface area contributed by atoms with Crippen LogP contribution in [0.15, 0.2) is 58.9 Å². The molecular formula is C29H37N5O2S. The van der Waals surface area contributed by atoms with Crippen molar-refractivity contribution in [3.63, 3.8) is 0 Å². The standard InChI is InChI=1S/C29H37N5O2S/c1-6-8-16-36-23-14-11-13-22(18-23)26-25(27(35)31-24-15-10-12-19(3)20(24)4)21(5)30-28-32-29(33-34(26)28)37-17-9-7-2/h10-15,18,26H,6-9,16-17H2,1-5H3,(H,31,35)(H,30,32,33). The number of hydrogen-bond donors (Lipinski definition) is 2. The number of unbranched alkanes of at least 4 members (excludes halogenated alkanes) is 2. The van der Waals surface area contributed by atoms with E-state index in [9.17, 15) is 4.79 Å². The van der Waals surface area contributed by atoms with E-state index in [1.54, 1.807) is 11.8 Å². The van der Waals surface area contributed by atoms with E-state index in [2.05, 4.69) is 24.5 Å². The van der Waals surface area contributed by atoms with Gasteiger partial charge >= 0.3 is 0 Å². The Morgan fingerprint density at radius 1 is 1.11 bits per heavy atom. The molecule has 4 rings (SSSR count). The minimum absolute atomic E-state index is 0.164. The molecule has 0 fully saturated rings. The topological polar surface area (TPSA) is 81.1 Å². The van der Waals surface area contributed by atoms with E-state index in [-0.39, 0.29) is 5.91 Å². The van der Waals surface area contributed by atoms with Gasteiger partial charge in [-0.05, 0) is 68.5 Å². The number of ether oxygens (including phenoxy) is 1. The third-order valence-electron chi connectivity index (χ3n) is 6.60. The first-order chi connectivity index (χ1) is 17.9. The lowest BCUT2D eigenvalue weighted by molar-refractivity contribution is -0.113. The smallest absolute Gasteiger partial charge is 0.255 e. The number of nitrogens with one attached hydrogen (secondary N) is 2. The fourth-order valence-electron chi connectivity index (χ4n) is 4.29. The summed E-state index contributed by atoms with van der Waals surface area (Å²) in [6.45, 7) is 11.0. The van der Waals surface area contributed by atoms with Crippen LogP contribution in [-0.4, -0.2) is 33.0 Å². The van der Waals surface area contributed by atoms with Crippen LogP contribution in [0.5, 0.6) is 5.75 Å². The van der Waals surface area contributed by atoms with Gasteiger partial charge in [-0.25, -0.2) is 4.68 Å². The van der Waals surface area contributed by atoms with E-state index < -0.39 is 6.04 Å². The van der Waals surface area contributed by atoms with Gasteiger partial charge in [0, 0.05) is 17.1 Å². The average molecular weight is 520 g/mol. The summed E-state index contributed by atoms with van der Waals surface area (Å²) in [6, 6.07) is 13.5. The Hall–Kier alpha value is -3.26. The number of benzene rings is 2.